The SMILES string of the molecule is CCc1cc(C)n(-c2ncn[nH]2)c1C. The molecule has 14 heavy (non-hydrogen) atoms. The molecule has 0 aromatic carbocycles. The molecule has 1 N–H and O–H groups in total. The van der Waals surface area contributed by atoms with Crippen LogP contribution < -0.4 is 0 Å². The Hall–Kier alpha value is -1.58. The second-order valence-corrected chi connectivity index (χ2v) is 3.39. The third kappa shape index (κ3) is 1.23. The van der Waals surface area contributed by atoms with Gasteiger partial charge in [0, 0.05) is 11.4 Å². The lowest BCUT2D eigenvalue weighted by Crippen LogP contribution is -2.01. The number of hydrogen-bond donors (Lipinski definition) is 1. The molecule has 74 valence electrons. The van der Waals surface area contributed by atoms with Crippen molar-refractivity contribution in [2.75, 3.05) is 0 Å². The summed E-state index contributed by atoms with van der Waals surface area (Å²) < 4.78 is 2.09. The van der Waals surface area contributed by atoms with Crippen molar-refractivity contribution in [1.82, 2.24) is 19.7 Å². The Morgan fingerprint density at radius 3 is 2.71 bits per heavy atom. The van der Waals surface area contributed by atoms with Crippen LogP contribution >= 0.6 is 0 Å². The number of aromatic amines is 1. The molecule has 0 amide bonds. The van der Waals surface area contributed by atoms with E-state index in [0.29, 0.717) is 0 Å². The fourth-order valence-electron chi connectivity index (χ4n) is 1.82. The summed E-state index contributed by atoms with van der Waals surface area (Å²) in [5.41, 5.74) is 3.79. The van der Waals surface area contributed by atoms with Gasteiger partial charge in [-0.05, 0) is 31.9 Å². The maximum Gasteiger partial charge on any atom is 0.229 e. The third-order valence-corrected chi connectivity index (χ3v) is 2.53. The Balaban J connectivity index is 2.58. The number of nitrogens with one attached hydrogen (secondary N) is 1. The maximum atomic E-state index is 4.15. The highest BCUT2D eigenvalue weighted by atomic mass is 15.3. The number of nitrogens with zero attached hydrogens (tertiary/aromatic N) is 3. The van der Waals surface area contributed by atoms with Crippen molar-refractivity contribution >= 4 is 0 Å². The van der Waals surface area contributed by atoms with Crippen LogP contribution in [0.4, 0.5) is 0 Å². The van der Waals surface area contributed by atoms with Crippen molar-refractivity contribution in [3.05, 3.63) is 29.3 Å². The number of rotatable bonds is 2. The first kappa shape index (κ1) is 8.99. The molecule has 0 unspecified atom stereocenters. The number of hydrogen-bond acceptors (Lipinski definition) is 2. The highest BCUT2D eigenvalue weighted by molar-refractivity contribution is 5.32. The van der Waals surface area contributed by atoms with Gasteiger partial charge in [0.2, 0.25) is 5.95 Å². The summed E-state index contributed by atoms with van der Waals surface area (Å²) in [6.45, 7) is 6.34. The van der Waals surface area contributed by atoms with E-state index in [1.165, 1.54) is 23.3 Å². The average Bonchev–Trinajstić information content (AvgIpc) is 2.74. The maximum absolute atomic E-state index is 4.15. The molecule has 0 atom stereocenters. The summed E-state index contributed by atoms with van der Waals surface area (Å²) in [5.74, 6) is 0.791. The van der Waals surface area contributed by atoms with Gasteiger partial charge in [-0.2, -0.15) is 10.1 Å². The number of aryl methyl sites for hydroxylation is 2. The van der Waals surface area contributed by atoms with Crippen molar-refractivity contribution in [2.24, 2.45) is 0 Å². The Bertz CT molecular complexity index is 425. The summed E-state index contributed by atoms with van der Waals surface area (Å²) in [5, 5.41) is 6.73. The van der Waals surface area contributed by atoms with Crippen molar-refractivity contribution < 1.29 is 0 Å². The summed E-state index contributed by atoms with van der Waals surface area (Å²) in [6, 6.07) is 2.19. The molecule has 2 aromatic heterocycles. The minimum Gasteiger partial charge on any atom is -0.287 e. The van der Waals surface area contributed by atoms with Crippen molar-refractivity contribution in [2.45, 2.75) is 27.2 Å². The van der Waals surface area contributed by atoms with Gasteiger partial charge >= 0.3 is 0 Å². The van der Waals surface area contributed by atoms with Crippen molar-refractivity contribution in [1.29, 1.82) is 0 Å². The highest BCUT2D eigenvalue weighted by Crippen LogP contribution is 2.18. The molecule has 4 heteroatoms. The molecule has 0 bridgehead atoms. The van der Waals surface area contributed by atoms with E-state index < -0.39 is 0 Å². The van der Waals surface area contributed by atoms with Gasteiger partial charge in [0.05, 0.1) is 0 Å². The standard InChI is InChI=1S/C10H14N4/c1-4-9-5-7(2)14(8(9)3)10-11-6-12-13-10/h5-6H,4H2,1-3H3,(H,11,12,13). The van der Waals surface area contributed by atoms with Gasteiger partial charge in [-0.1, -0.05) is 6.92 Å². The molecule has 2 heterocycles. The highest BCUT2D eigenvalue weighted by Gasteiger charge is 2.10. The van der Waals surface area contributed by atoms with Crippen molar-refractivity contribution in [3.8, 4) is 5.95 Å². The predicted molar refractivity (Wildman–Crippen MR) is 54.6 cm³/mol. The van der Waals surface area contributed by atoms with Crippen molar-refractivity contribution in [3.63, 3.8) is 0 Å². The van der Waals surface area contributed by atoms with E-state index in [-0.39, 0.29) is 0 Å². The summed E-state index contributed by atoms with van der Waals surface area (Å²) in [6.07, 6.45) is 2.58. The molecule has 0 fully saturated rings. The fourth-order valence-corrected chi connectivity index (χ4v) is 1.82. The van der Waals surface area contributed by atoms with Crippen LogP contribution in [-0.2, 0) is 6.42 Å². The van der Waals surface area contributed by atoms with Crippen LogP contribution in [0.15, 0.2) is 12.4 Å². The molecule has 2 aromatic rings. The molecule has 0 aliphatic heterocycles. The van der Waals surface area contributed by atoms with E-state index in [4.69, 9.17) is 0 Å². The molecule has 0 radical (unpaired) electrons. The number of aromatic nitrogens is 4. The molecule has 0 aliphatic rings. The molecular formula is C10H14N4. The minimum absolute atomic E-state index is 0.791. The lowest BCUT2D eigenvalue weighted by atomic mass is 10.2. The zero-order valence-corrected chi connectivity index (χ0v) is 8.70. The van der Waals surface area contributed by atoms with E-state index in [0.717, 1.165) is 12.4 Å². The Kier molecular flexibility index (Phi) is 2.11. The second kappa shape index (κ2) is 3.29. The average molecular weight is 190 g/mol. The Morgan fingerprint density at radius 2 is 2.21 bits per heavy atom. The second-order valence-electron chi connectivity index (χ2n) is 3.39. The quantitative estimate of drug-likeness (QED) is 0.784. The molecule has 2 rings (SSSR count). The summed E-state index contributed by atoms with van der Waals surface area (Å²) in [7, 11) is 0. The van der Waals surface area contributed by atoms with Gasteiger partial charge < -0.3 is 0 Å². The van der Waals surface area contributed by atoms with Crippen LogP contribution in [0.1, 0.15) is 23.9 Å². The van der Waals surface area contributed by atoms with Crippen LogP contribution in [0, 0.1) is 13.8 Å². The van der Waals surface area contributed by atoms with Crippen LogP contribution in [-0.4, -0.2) is 19.7 Å². The van der Waals surface area contributed by atoms with Gasteiger partial charge in [-0.15, -0.1) is 0 Å². The van der Waals surface area contributed by atoms with Gasteiger partial charge in [-0.25, -0.2) is 5.10 Å². The molecule has 0 saturated heterocycles. The van der Waals surface area contributed by atoms with Crippen LogP contribution in [0.5, 0.6) is 0 Å². The van der Waals surface area contributed by atoms with Gasteiger partial charge in [0.25, 0.3) is 0 Å². The topological polar surface area (TPSA) is 46.5 Å². The van der Waals surface area contributed by atoms with Crippen LogP contribution in [0.25, 0.3) is 5.95 Å². The Morgan fingerprint density at radius 1 is 1.43 bits per heavy atom. The zero-order valence-electron chi connectivity index (χ0n) is 8.70. The first-order valence-corrected chi connectivity index (χ1v) is 4.77. The molecular weight excluding hydrogens is 176 g/mol. The van der Waals surface area contributed by atoms with E-state index >= 15 is 0 Å². The smallest absolute Gasteiger partial charge is 0.229 e. The largest absolute Gasteiger partial charge is 0.287 e. The lowest BCUT2D eigenvalue weighted by Gasteiger charge is -2.04. The number of H-pyrrole nitrogens is 1. The van der Waals surface area contributed by atoms with Crippen LogP contribution in [0.3, 0.4) is 0 Å². The first-order chi connectivity index (χ1) is 6.74. The Labute approximate surface area is 83.0 Å². The molecule has 0 spiro atoms. The van der Waals surface area contributed by atoms with E-state index in [2.05, 4.69) is 46.6 Å². The zero-order chi connectivity index (χ0) is 10.1. The summed E-state index contributed by atoms with van der Waals surface area (Å²) in [4.78, 5) is 4.15. The molecule has 4 nitrogen and oxygen atoms in total. The predicted octanol–water partition coefficient (Wildman–Crippen LogP) is 1.77. The molecule has 0 saturated carbocycles. The van der Waals surface area contributed by atoms with Crippen LogP contribution in [0.2, 0.25) is 0 Å². The van der Waals surface area contributed by atoms with Gasteiger partial charge in [0.15, 0.2) is 0 Å². The van der Waals surface area contributed by atoms with Gasteiger partial charge in [-0.3, -0.25) is 4.57 Å². The summed E-state index contributed by atoms with van der Waals surface area (Å²) >= 11 is 0. The lowest BCUT2D eigenvalue weighted by molar-refractivity contribution is 0.871. The first-order valence-electron chi connectivity index (χ1n) is 4.77. The normalized spacial score (nSPS) is 10.8. The monoisotopic (exact) mass is 190 g/mol. The van der Waals surface area contributed by atoms with E-state index in [1.54, 1.807) is 0 Å². The molecule has 0 aliphatic carbocycles. The van der Waals surface area contributed by atoms with Gasteiger partial charge in [0.1, 0.15) is 6.33 Å². The minimum atomic E-state index is 0.791. The van der Waals surface area contributed by atoms with E-state index in [1.807, 2.05) is 0 Å². The fraction of sp³-hybridized carbons (Fsp3) is 0.400. The third-order valence-electron chi connectivity index (χ3n) is 2.53. The van der Waals surface area contributed by atoms with E-state index in [9.17, 15) is 0 Å².